The van der Waals surface area contributed by atoms with E-state index in [4.69, 9.17) is 28.2 Å². The average molecular weight is 731 g/mol. The molecule has 1 aliphatic heterocycles. The minimum Gasteiger partial charge on any atom is -0.372 e. The molecule has 2 unspecified atom stereocenters. The van der Waals surface area contributed by atoms with E-state index in [1.54, 1.807) is 25.2 Å². The summed E-state index contributed by atoms with van der Waals surface area (Å²) in [6.07, 6.45) is 0.411. The lowest BCUT2D eigenvalue weighted by Gasteiger charge is -2.31. The van der Waals surface area contributed by atoms with Crippen molar-refractivity contribution in [3.05, 3.63) is 63.5 Å². The number of nitrogens with zero attached hydrogens (tertiary/aromatic N) is 5. The fourth-order valence-electron chi connectivity index (χ4n) is 7.03. The fraction of sp³-hybridized carbons (Fsp3) is 0.441. The highest BCUT2D eigenvalue weighted by molar-refractivity contribution is 6.39. The van der Waals surface area contributed by atoms with E-state index >= 15 is 0 Å². The monoisotopic (exact) mass is 729 g/mol. The summed E-state index contributed by atoms with van der Waals surface area (Å²) in [4.78, 5) is 41.8. The third-order valence-corrected chi connectivity index (χ3v) is 10.8. The number of aryl methyl sites for hydroxylation is 1. The molecule has 3 heterocycles. The zero-order valence-electron chi connectivity index (χ0n) is 27.4. The summed E-state index contributed by atoms with van der Waals surface area (Å²) in [5.74, 6) is 0.0255. The zero-order valence-corrected chi connectivity index (χ0v) is 28.9. The maximum absolute atomic E-state index is 13.8. The van der Waals surface area contributed by atoms with Crippen LogP contribution in [0.2, 0.25) is 10.0 Å². The van der Waals surface area contributed by atoms with Crippen LogP contribution < -0.4 is 26.2 Å². The van der Waals surface area contributed by atoms with E-state index in [-0.39, 0.29) is 54.9 Å². The Bertz CT molecular complexity index is 1950. The van der Waals surface area contributed by atoms with Crippen LogP contribution in [-0.4, -0.2) is 63.7 Å². The molecule has 1 saturated heterocycles. The van der Waals surface area contributed by atoms with Gasteiger partial charge in [0.15, 0.2) is 0 Å². The van der Waals surface area contributed by atoms with Crippen LogP contribution in [0.4, 0.5) is 36.3 Å². The van der Waals surface area contributed by atoms with Crippen molar-refractivity contribution in [2.75, 3.05) is 35.7 Å². The Morgan fingerprint density at radius 1 is 1.00 bits per heavy atom. The number of alkyl halides is 3. The molecule has 0 radical (unpaired) electrons. The van der Waals surface area contributed by atoms with Crippen molar-refractivity contribution in [1.82, 2.24) is 30.2 Å². The first kappa shape index (κ1) is 34.2. The topological polar surface area (TPSA) is 129 Å². The van der Waals surface area contributed by atoms with Crippen molar-refractivity contribution in [2.45, 2.75) is 50.9 Å². The van der Waals surface area contributed by atoms with Gasteiger partial charge in [0.25, 0.3) is 11.8 Å². The number of piperidine rings is 1. The number of carbonyl (C=O) groups excluding carboxylic acids is 2. The third-order valence-electron chi connectivity index (χ3n) is 10.1. The number of halogens is 5. The van der Waals surface area contributed by atoms with Crippen LogP contribution in [-0.2, 0) is 13.6 Å². The predicted molar refractivity (Wildman–Crippen MR) is 186 cm³/mol. The number of aromatic nitrogens is 4. The number of anilines is 4. The summed E-state index contributed by atoms with van der Waals surface area (Å²) in [6.45, 7) is 1.78. The molecule has 2 aromatic carbocycles. The summed E-state index contributed by atoms with van der Waals surface area (Å²) in [5, 5.41) is 12.5. The van der Waals surface area contributed by atoms with Gasteiger partial charge in [-0.1, -0.05) is 29.3 Å². The Balaban J connectivity index is 1.13. The molecule has 11 nitrogen and oxygen atoms in total. The van der Waals surface area contributed by atoms with Crippen molar-refractivity contribution in [2.24, 2.45) is 24.8 Å². The van der Waals surface area contributed by atoms with Crippen molar-refractivity contribution in [3.63, 3.8) is 0 Å². The molecule has 264 valence electrons. The lowest BCUT2D eigenvalue weighted by molar-refractivity contribution is -0.182. The van der Waals surface area contributed by atoms with Gasteiger partial charge in [-0.25, -0.2) is 9.97 Å². The maximum Gasteiger partial charge on any atom is 0.391 e. The van der Waals surface area contributed by atoms with E-state index in [9.17, 15) is 22.8 Å². The number of hydrogen-bond acceptors (Lipinski definition) is 8. The molecule has 7 rings (SSSR count). The number of imidazole rings is 1. The van der Waals surface area contributed by atoms with Crippen molar-refractivity contribution in [1.29, 1.82) is 0 Å². The molecule has 2 amide bonds. The first-order chi connectivity index (χ1) is 23.9. The molecule has 0 spiro atoms. The van der Waals surface area contributed by atoms with Gasteiger partial charge in [0.2, 0.25) is 5.95 Å². The minimum absolute atomic E-state index is 0.00299. The van der Waals surface area contributed by atoms with E-state index in [0.717, 1.165) is 24.3 Å². The van der Waals surface area contributed by atoms with Crippen LogP contribution in [0.3, 0.4) is 0 Å². The van der Waals surface area contributed by atoms with E-state index in [1.807, 2.05) is 17.7 Å². The molecule has 50 heavy (non-hydrogen) atoms. The number of hydrogen-bond donors (Lipinski definition) is 4. The van der Waals surface area contributed by atoms with Crippen molar-refractivity contribution in [3.8, 4) is 0 Å². The fourth-order valence-corrected chi connectivity index (χ4v) is 7.56. The number of fused-ring (bicyclic) bond motifs is 2. The van der Waals surface area contributed by atoms with Gasteiger partial charge in [-0.15, -0.1) is 0 Å². The van der Waals surface area contributed by atoms with Crippen molar-refractivity contribution >= 4 is 69.2 Å². The number of carbonyl (C=O) groups is 2. The summed E-state index contributed by atoms with van der Waals surface area (Å²) >= 11 is 13.4. The number of amides is 2. The molecule has 3 aliphatic rings. The van der Waals surface area contributed by atoms with E-state index in [0.29, 0.717) is 51.0 Å². The van der Waals surface area contributed by atoms with Gasteiger partial charge >= 0.3 is 6.18 Å². The lowest BCUT2D eigenvalue weighted by atomic mass is 9.85. The molecule has 2 saturated carbocycles. The Labute approximate surface area is 296 Å². The zero-order chi connectivity index (χ0) is 35.3. The van der Waals surface area contributed by atoms with Gasteiger partial charge in [-0.05, 0) is 67.7 Å². The minimum atomic E-state index is -4.21. The number of benzene rings is 2. The second-order valence-corrected chi connectivity index (χ2v) is 14.1. The van der Waals surface area contributed by atoms with Gasteiger partial charge < -0.3 is 30.7 Å². The summed E-state index contributed by atoms with van der Waals surface area (Å²) < 4.78 is 41.6. The average Bonchev–Trinajstić information content (AvgIpc) is 3.59. The van der Waals surface area contributed by atoms with Crippen LogP contribution in [0, 0.1) is 17.8 Å². The van der Waals surface area contributed by atoms with Crippen LogP contribution in [0.25, 0.3) is 11.0 Å². The van der Waals surface area contributed by atoms with Gasteiger partial charge in [0.05, 0.1) is 56.3 Å². The molecular weight excluding hydrogens is 694 g/mol. The molecular formula is C34H36Cl2F3N9O2. The smallest absolute Gasteiger partial charge is 0.372 e. The molecule has 3 fully saturated rings. The van der Waals surface area contributed by atoms with E-state index in [1.165, 1.54) is 18.8 Å². The quantitative estimate of drug-likeness (QED) is 0.150. The van der Waals surface area contributed by atoms with Gasteiger partial charge in [0.1, 0.15) is 11.5 Å². The summed E-state index contributed by atoms with van der Waals surface area (Å²) in [7, 11) is 3.52. The molecule has 16 heteroatoms. The Morgan fingerprint density at radius 3 is 2.44 bits per heavy atom. The standard InChI is InChI=1S/C34H36Cl2F3N9O2/c1-40-28-14-41-13-25(44-28)32(50)42-12-17-3-8-23(35)30(29(17)36)46-33-45-24-10-22(31(49)43-21-6-4-20(5-7-21)34(37,38)39)26(11-27(24)47(33)2)48-15-18-9-19(18)16-48/h3,8,10-11,13-14,18-21H,4-7,9,12,15-16H2,1-2H3,(H,40,44)(H,42,50)(H,43,49)(H,45,46)/t18?,19?,20-,21-. The Hall–Kier alpha value is -4.30. The number of rotatable bonds is 9. The van der Waals surface area contributed by atoms with Crippen LogP contribution >= 0.6 is 23.2 Å². The van der Waals surface area contributed by atoms with Gasteiger partial charge in [-0.2, -0.15) is 13.2 Å². The molecule has 4 N–H and O–H groups in total. The Kier molecular flexibility index (Phi) is 9.18. The number of nitrogens with one attached hydrogen (secondary N) is 4. The van der Waals surface area contributed by atoms with Gasteiger partial charge in [-0.3, -0.25) is 14.6 Å². The van der Waals surface area contributed by atoms with Crippen LogP contribution in [0.1, 0.15) is 58.5 Å². The molecule has 2 aromatic heterocycles. The maximum atomic E-state index is 13.8. The second kappa shape index (κ2) is 13.4. The Morgan fingerprint density at radius 2 is 1.74 bits per heavy atom. The highest BCUT2D eigenvalue weighted by Crippen LogP contribution is 2.47. The van der Waals surface area contributed by atoms with Crippen LogP contribution in [0.15, 0.2) is 36.7 Å². The van der Waals surface area contributed by atoms with Crippen LogP contribution in [0.5, 0.6) is 0 Å². The molecule has 2 atom stereocenters. The van der Waals surface area contributed by atoms with E-state index in [2.05, 4.69) is 36.1 Å². The largest absolute Gasteiger partial charge is 0.391 e. The SMILES string of the molecule is CNc1cncc(C(=O)NCc2ccc(Cl)c(Nc3nc4cc(C(=O)N[C@H]5CC[C@H](C(F)(F)F)CC5)c(N5CC6CC6C5)cc4n3C)c2Cl)n1. The summed E-state index contributed by atoms with van der Waals surface area (Å²) in [5.41, 5.74) is 3.68. The molecule has 4 aromatic rings. The first-order valence-corrected chi connectivity index (χ1v) is 17.3. The second-order valence-electron chi connectivity index (χ2n) is 13.3. The van der Waals surface area contributed by atoms with Crippen molar-refractivity contribution < 1.29 is 22.8 Å². The predicted octanol–water partition coefficient (Wildman–Crippen LogP) is 6.69. The highest BCUT2D eigenvalue weighted by Gasteiger charge is 2.46. The molecule has 2 aliphatic carbocycles. The molecule has 0 bridgehead atoms. The highest BCUT2D eigenvalue weighted by atomic mass is 35.5. The normalized spacial score (nSPS) is 21.5. The summed E-state index contributed by atoms with van der Waals surface area (Å²) in [6, 6.07) is 6.76. The first-order valence-electron chi connectivity index (χ1n) is 16.5. The van der Waals surface area contributed by atoms with Gasteiger partial charge in [0, 0.05) is 39.8 Å². The lowest BCUT2D eigenvalue weighted by Crippen LogP contribution is -2.40. The third kappa shape index (κ3) is 6.87. The van der Waals surface area contributed by atoms with E-state index < -0.39 is 18.0 Å².